The Kier molecular flexibility index (Phi) is 6.19. The first kappa shape index (κ1) is 18.1. The lowest BCUT2D eigenvalue weighted by atomic mass is 10.0. The second-order valence-corrected chi connectivity index (χ2v) is 7.18. The van der Waals surface area contributed by atoms with E-state index in [9.17, 15) is 4.79 Å². The van der Waals surface area contributed by atoms with Gasteiger partial charge in [-0.05, 0) is 43.4 Å². The summed E-state index contributed by atoms with van der Waals surface area (Å²) in [6.07, 6.45) is 7.98. The van der Waals surface area contributed by atoms with Gasteiger partial charge in [0.1, 0.15) is 0 Å². The third-order valence-electron chi connectivity index (χ3n) is 5.55. The zero-order chi connectivity index (χ0) is 17.6. The highest BCUT2D eigenvalue weighted by Crippen LogP contribution is 2.28. The molecule has 0 unspecified atom stereocenters. The molecule has 1 saturated heterocycles. The number of amides is 1. The third-order valence-corrected chi connectivity index (χ3v) is 5.55. The van der Waals surface area contributed by atoms with Crippen LogP contribution in [-0.2, 0) is 11.2 Å². The molecule has 0 atom stereocenters. The SMILES string of the molecule is COc1ccc(CC(=O)NC2CCN(C3CCCC3)CC2)cc1OC. The van der Waals surface area contributed by atoms with Crippen LogP contribution in [-0.4, -0.2) is 50.2 Å². The number of likely N-dealkylation sites (tertiary alicyclic amines) is 1. The molecule has 5 nitrogen and oxygen atoms in total. The summed E-state index contributed by atoms with van der Waals surface area (Å²) < 4.78 is 10.5. The molecule has 2 fully saturated rings. The molecule has 5 heteroatoms. The van der Waals surface area contributed by atoms with E-state index in [2.05, 4.69) is 10.2 Å². The van der Waals surface area contributed by atoms with Crippen LogP contribution in [0.1, 0.15) is 44.1 Å². The van der Waals surface area contributed by atoms with Gasteiger partial charge in [0.15, 0.2) is 11.5 Å². The Hall–Kier alpha value is -1.75. The van der Waals surface area contributed by atoms with Crippen LogP contribution in [0.5, 0.6) is 11.5 Å². The predicted molar refractivity (Wildman–Crippen MR) is 98.2 cm³/mol. The number of methoxy groups -OCH3 is 2. The van der Waals surface area contributed by atoms with Crippen molar-refractivity contribution in [1.29, 1.82) is 0 Å². The molecule has 1 amide bonds. The van der Waals surface area contributed by atoms with Crippen LogP contribution in [0.15, 0.2) is 18.2 Å². The minimum absolute atomic E-state index is 0.0894. The monoisotopic (exact) mass is 346 g/mol. The molecule has 25 heavy (non-hydrogen) atoms. The molecule has 138 valence electrons. The number of benzene rings is 1. The van der Waals surface area contributed by atoms with E-state index in [1.807, 2.05) is 18.2 Å². The van der Waals surface area contributed by atoms with Crippen molar-refractivity contribution < 1.29 is 14.3 Å². The van der Waals surface area contributed by atoms with E-state index < -0.39 is 0 Å². The van der Waals surface area contributed by atoms with E-state index in [-0.39, 0.29) is 5.91 Å². The molecule has 0 spiro atoms. The first-order valence-electron chi connectivity index (χ1n) is 9.44. The minimum atomic E-state index is 0.0894. The van der Waals surface area contributed by atoms with E-state index in [0.717, 1.165) is 37.5 Å². The fourth-order valence-corrected chi connectivity index (χ4v) is 4.13. The van der Waals surface area contributed by atoms with Crippen LogP contribution in [0.3, 0.4) is 0 Å². The lowest BCUT2D eigenvalue weighted by Gasteiger charge is -2.36. The van der Waals surface area contributed by atoms with Gasteiger partial charge in [0.2, 0.25) is 5.91 Å². The average molecular weight is 346 g/mol. The molecule has 1 N–H and O–H groups in total. The summed E-state index contributed by atoms with van der Waals surface area (Å²) in [5, 5.41) is 3.21. The number of hydrogen-bond acceptors (Lipinski definition) is 4. The Bertz CT molecular complexity index is 576. The zero-order valence-electron chi connectivity index (χ0n) is 15.4. The van der Waals surface area contributed by atoms with Crippen molar-refractivity contribution in [2.24, 2.45) is 0 Å². The highest BCUT2D eigenvalue weighted by atomic mass is 16.5. The summed E-state index contributed by atoms with van der Waals surface area (Å²) in [5.41, 5.74) is 0.943. The fourth-order valence-electron chi connectivity index (χ4n) is 4.13. The Morgan fingerprint density at radius 3 is 2.40 bits per heavy atom. The Morgan fingerprint density at radius 2 is 1.76 bits per heavy atom. The van der Waals surface area contributed by atoms with Gasteiger partial charge >= 0.3 is 0 Å². The molecule has 1 aromatic carbocycles. The summed E-state index contributed by atoms with van der Waals surface area (Å²) >= 11 is 0. The van der Waals surface area contributed by atoms with Crippen LogP contribution in [0.25, 0.3) is 0 Å². The second-order valence-electron chi connectivity index (χ2n) is 7.18. The number of hydrogen-bond donors (Lipinski definition) is 1. The summed E-state index contributed by atoms with van der Waals surface area (Å²) in [5.74, 6) is 1.44. The first-order valence-corrected chi connectivity index (χ1v) is 9.44. The molecule has 1 aliphatic carbocycles. The van der Waals surface area contributed by atoms with E-state index >= 15 is 0 Å². The van der Waals surface area contributed by atoms with Gasteiger partial charge in [-0.25, -0.2) is 0 Å². The lowest BCUT2D eigenvalue weighted by molar-refractivity contribution is -0.121. The van der Waals surface area contributed by atoms with Crippen molar-refractivity contribution in [3.05, 3.63) is 23.8 Å². The van der Waals surface area contributed by atoms with Gasteiger partial charge in [0.25, 0.3) is 0 Å². The molecule has 0 bridgehead atoms. The van der Waals surface area contributed by atoms with Crippen LogP contribution in [0, 0.1) is 0 Å². The quantitative estimate of drug-likeness (QED) is 0.860. The topological polar surface area (TPSA) is 50.8 Å². The van der Waals surface area contributed by atoms with Gasteiger partial charge in [0, 0.05) is 25.2 Å². The number of rotatable bonds is 6. The number of nitrogens with zero attached hydrogens (tertiary/aromatic N) is 1. The van der Waals surface area contributed by atoms with E-state index in [1.165, 1.54) is 25.7 Å². The van der Waals surface area contributed by atoms with Gasteiger partial charge in [-0.3, -0.25) is 4.79 Å². The number of ether oxygens (including phenoxy) is 2. The molecule has 1 aromatic rings. The van der Waals surface area contributed by atoms with Crippen LogP contribution in [0.4, 0.5) is 0 Å². The van der Waals surface area contributed by atoms with Gasteiger partial charge in [-0.2, -0.15) is 0 Å². The van der Waals surface area contributed by atoms with E-state index in [1.54, 1.807) is 14.2 Å². The van der Waals surface area contributed by atoms with Crippen molar-refractivity contribution in [2.45, 2.75) is 57.0 Å². The lowest BCUT2D eigenvalue weighted by Crippen LogP contribution is -2.47. The molecule has 3 rings (SSSR count). The summed E-state index contributed by atoms with van der Waals surface area (Å²) in [6, 6.07) is 6.75. The van der Waals surface area contributed by atoms with E-state index in [4.69, 9.17) is 9.47 Å². The maximum Gasteiger partial charge on any atom is 0.224 e. The third kappa shape index (κ3) is 4.66. The van der Waals surface area contributed by atoms with Crippen LogP contribution < -0.4 is 14.8 Å². The highest BCUT2D eigenvalue weighted by molar-refractivity contribution is 5.79. The average Bonchev–Trinajstić information content (AvgIpc) is 3.17. The maximum atomic E-state index is 12.4. The molecule has 0 aromatic heterocycles. The molecular weight excluding hydrogens is 316 g/mol. The minimum Gasteiger partial charge on any atom is -0.493 e. The van der Waals surface area contributed by atoms with Crippen LogP contribution >= 0.6 is 0 Å². The van der Waals surface area contributed by atoms with Gasteiger partial charge in [0.05, 0.1) is 20.6 Å². The van der Waals surface area contributed by atoms with Gasteiger partial charge in [-0.1, -0.05) is 18.9 Å². The van der Waals surface area contributed by atoms with Gasteiger partial charge < -0.3 is 19.7 Å². The molecule has 0 radical (unpaired) electrons. The fraction of sp³-hybridized carbons (Fsp3) is 0.650. The summed E-state index contributed by atoms with van der Waals surface area (Å²) in [6.45, 7) is 2.23. The largest absolute Gasteiger partial charge is 0.493 e. The maximum absolute atomic E-state index is 12.4. The van der Waals surface area contributed by atoms with Crippen LogP contribution in [0.2, 0.25) is 0 Å². The molecular formula is C20H30N2O3. The van der Waals surface area contributed by atoms with Crippen molar-refractivity contribution in [3.8, 4) is 11.5 Å². The highest BCUT2D eigenvalue weighted by Gasteiger charge is 2.27. The normalized spacial score (nSPS) is 19.8. The smallest absolute Gasteiger partial charge is 0.224 e. The Morgan fingerprint density at radius 1 is 1.08 bits per heavy atom. The second kappa shape index (κ2) is 8.56. The molecule has 2 aliphatic rings. The summed E-state index contributed by atoms with van der Waals surface area (Å²) in [4.78, 5) is 15.0. The number of carbonyl (C=O) groups excluding carboxylic acids is 1. The van der Waals surface area contributed by atoms with Crippen molar-refractivity contribution >= 4 is 5.91 Å². The Balaban J connectivity index is 1.46. The van der Waals surface area contributed by atoms with E-state index in [0.29, 0.717) is 24.0 Å². The number of carbonyl (C=O) groups is 1. The standard InChI is InChI=1S/C20H30N2O3/c1-24-18-8-7-15(13-19(18)25-2)14-20(23)21-16-9-11-22(12-10-16)17-5-3-4-6-17/h7-8,13,16-17H,3-6,9-12,14H2,1-2H3,(H,21,23). The van der Waals surface area contributed by atoms with Crippen molar-refractivity contribution in [3.63, 3.8) is 0 Å². The molecule has 1 aliphatic heterocycles. The van der Waals surface area contributed by atoms with Gasteiger partial charge in [-0.15, -0.1) is 0 Å². The van der Waals surface area contributed by atoms with Crippen molar-refractivity contribution in [2.75, 3.05) is 27.3 Å². The number of nitrogens with one attached hydrogen (secondary N) is 1. The number of piperidine rings is 1. The predicted octanol–water partition coefficient (Wildman–Crippen LogP) is 2.77. The summed E-state index contributed by atoms with van der Waals surface area (Å²) in [7, 11) is 3.22. The van der Waals surface area contributed by atoms with Crippen molar-refractivity contribution in [1.82, 2.24) is 10.2 Å². The zero-order valence-corrected chi connectivity index (χ0v) is 15.4. The Labute approximate surface area is 150 Å². The molecule has 1 heterocycles. The first-order chi connectivity index (χ1) is 12.2. The molecule has 1 saturated carbocycles.